The van der Waals surface area contributed by atoms with Crippen LogP contribution in [0.4, 0.5) is 0 Å². The summed E-state index contributed by atoms with van der Waals surface area (Å²) in [5.41, 5.74) is 10.2. The van der Waals surface area contributed by atoms with Gasteiger partial charge in [-0.1, -0.05) is 146 Å². The topological polar surface area (TPSA) is 56.7 Å². The van der Waals surface area contributed by atoms with Crippen LogP contribution in [0.3, 0.4) is 0 Å². The molecule has 0 saturated carbocycles. The van der Waals surface area contributed by atoms with Crippen molar-refractivity contribution in [1.82, 2.24) is 19.5 Å². The van der Waals surface area contributed by atoms with E-state index < -0.39 is 0 Å². The molecule has 8 aromatic carbocycles. The van der Waals surface area contributed by atoms with Crippen molar-refractivity contribution in [3.8, 4) is 51.0 Å². The molecule has 0 aliphatic rings. The molecule has 0 amide bonds. The first-order chi connectivity index (χ1) is 28.3. The summed E-state index contributed by atoms with van der Waals surface area (Å²) in [6.07, 6.45) is 0. The van der Waals surface area contributed by atoms with Crippen LogP contribution in [0.5, 0.6) is 0 Å². The van der Waals surface area contributed by atoms with Crippen LogP contribution in [0.15, 0.2) is 186 Å². The van der Waals surface area contributed by atoms with Gasteiger partial charge in [0, 0.05) is 58.4 Å². The lowest BCUT2D eigenvalue weighted by Crippen LogP contribution is -2.00. The summed E-state index contributed by atoms with van der Waals surface area (Å²) in [6.45, 7) is 0. The van der Waals surface area contributed by atoms with Crippen molar-refractivity contribution in [2.75, 3.05) is 0 Å². The minimum atomic E-state index is 0.650. The first-order valence-corrected chi connectivity index (χ1v) is 19.8. The fraction of sp³-hybridized carbons (Fsp3) is 0. The molecule has 0 bridgehead atoms. The third-order valence-corrected chi connectivity index (χ3v) is 12.3. The Bertz CT molecular complexity index is 3420. The van der Waals surface area contributed by atoms with Crippen LogP contribution >= 0.6 is 11.3 Å². The van der Waals surface area contributed by atoms with E-state index in [4.69, 9.17) is 19.4 Å². The van der Waals surface area contributed by atoms with Crippen LogP contribution in [0.25, 0.3) is 115 Å². The molecule has 266 valence electrons. The average molecular weight is 747 g/mol. The van der Waals surface area contributed by atoms with Crippen LogP contribution < -0.4 is 0 Å². The zero-order valence-electron chi connectivity index (χ0n) is 30.4. The third kappa shape index (κ3) is 4.98. The van der Waals surface area contributed by atoms with Crippen molar-refractivity contribution in [3.63, 3.8) is 0 Å². The molecule has 0 aliphatic heterocycles. The SMILES string of the molecule is c1ccc(-c2nc(-c3ccccc3)nc(-c3cccc4sc5c(-c6ccc7c(c6)oc6c(-n8c9ccccc9c9ccccc98)cccc67)cccc5c34)n2)cc1. The molecule has 12 rings (SSSR count). The van der Waals surface area contributed by atoms with Crippen LogP contribution in [0.2, 0.25) is 0 Å². The van der Waals surface area contributed by atoms with Crippen LogP contribution in [0.1, 0.15) is 0 Å². The maximum atomic E-state index is 6.87. The molecule has 57 heavy (non-hydrogen) atoms. The number of hydrogen-bond acceptors (Lipinski definition) is 5. The molecule has 4 heterocycles. The summed E-state index contributed by atoms with van der Waals surface area (Å²) in [5, 5.41) is 6.97. The van der Waals surface area contributed by atoms with Gasteiger partial charge in [-0.25, -0.2) is 15.0 Å². The lowest BCUT2D eigenvalue weighted by molar-refractivity contribution is 0.666. The summed E-state index contributed by atoms with van der Waals surface area (Å²) >= 11 is 1.80. The molecule has 5 nitrogen and oxygen atoms in total. The van der Waals surface area contributed by atoms with Gasteiger partial charge in [-0.15, -0.1) is 11.3 Å². The Kier molecular flexibility index (Phi) is 7.03. The molecule has 0 N–H and O–H groups in total. The molecule has 0 fully saturated rings. The Balaban J connectivity index is 1.03. The van der Waals surface area contributed by atoms with E-state index in [9.17, 15) is 0 Å². The molecule has 0 spiro atoms. The number of nitrogens with zero attached hydrogens (tertiary/aromatic N) is 4. The molecule has 0 unspecified atom stereocenters. The van der Waals surface area contributed by atoms with Gasteiger partial charge < -0.3 is 8.98 Å². The standard InChI is InChI=1S/C51H30N4OS/c1-3-14-31(15-4-1)49-52-50(32-16-5-2-6-17-32)54-51(53-49)40-23-13-27-45-46(40)39-22-11-20-34(48(39)57-45)33-28-29-37-38-21-12-26-43(47(38)56-44(37)30-33)55-41-24-9-7-18-35(41)36-19-8-10-25-42(36)55/h1-30H. The normalized spacial score (nSPS) is 11.9. The van der Waals surface area contributed by atoms with Gasteiger partial charge in [-0.3, -0.25) is 0 Å². The van der Waals surface area contributed by atoms with Gasteiger partial charge in [-0.05, 0) is 47.5 Å². The molecular weight excluding hydrogens is 717 g/mol. The van der Waals surface area contributed by atoms with E-state index in [1.54, 1.807) is 11.3 Å². The first kappa shape index (κ1) is 31.9. The lowest BCUT2D eigenvalue weighted by Gasteiger charge is -2.09. The van der Waals surface area contributed by atoms with Gasteiger partial charge >= 0.3 is 0 Å². The lowest BCUT2D eigenvalue weighted by atomic mass is 9.99. The van der Waals surface area contributed by atoms with Crippen molar-refractivity contribution in [2.45, 2.75) is 0 Å². The number of fused-ring (bicyclic) bond motifs is 9. The smallest absolute Gasteiger partial charge is 0.164 e. The average Bonchev–Trinajstić information content (AvgIpc) is 3.96. The summed E-state index contributed by atoms with van der Waals surface area (Å²) in [4.78, 5) is 15.1. The highest BCUT2D eigenvalue weighted by atomic mass is 32.1. The van der Waals surface area contributed by atoms with E-state index in [0.29, 0.717) is 17.5 Å². The van der Waals surface area contributed by atoms with E-state index in [0.717, 1.165) is 71.9 Å². The van der Waals surface area contributed by atoms with E-state index in [1.807, 2.05) is 60.7 Å². The summed E-state index contributed by atoms with van der Waals surface area (Å²) < 4.78 is 11.6. The maximum absolute atomic E-state index is 6.87. The molecule has 6 heteroatoms. The molecule has 0 radical (unpaired) electrons. The number of para-hydroxylation sites is 3. The van der Waals surface area contributed by atoms with Crippen molar-refractivity contribution in [1.29, 1.82) is 0 Å². The Morgan fingerprint density at radius 1 is 0.421 bits per heavy atom. The Hall–Kier alpha value is -7.41. The van der Waals surface area contributed by atoms with E-state index in [2.05, 4.69) is 126 Å². The highest BCUT2D eigenvalue weighted by molar-refractivity contribution is 7.26. The van der Waals surface area contributed by atoms with Gasteiger partial charge in [0.25, 0.3) is 0 Å². The van der Waals surface area contributed by atoms with Gasteiger partial charge in [0.2, 0.25) is 0 Å². The summed E-state index contributed by atoms with van der Waals surface area (Å²) in [5.74, 6) is 1.95. The molecule has 0 atom stereocenters. The van der Waals surface area contributed by atoms with E-state index >= 15 is 0 Å². The van der Waals surface area contributed by atoms with Crippen LogP contribution in [-0.4, -0.2) is 19.5 Å². The summed E-state index contributed by atoms with van der Waals surface area (Å²) in [6, 6.07) is 63.6. The number of rotatable bonds is 5. The second-order valence-electron chi connectivity index (χ2n) is 14.3. The maximum Gasteiger partial charge on any atom is 0.164 e. The first-order valence-electron chi connectivity index (χ1n) is 19.0. The van der Waals surface area contributed by atoms with Crippen molar-refractivity contribution in [2.24, 2.45) is 0 Å². The van der Waals surface area contributed by atoms with Gasteiger partial charge in [0.05, 0.1) is 16.7 Å². The fourth-order valence-electron chi connectivity index (χ4n) is 8.50. The second kappa shape index (κ2) is 12.6. The number of hydrogen-bond donors (Lipinski definition) is 0. The molecule has 12 aromatic rings. The van der Waals surface area contributed by atoms with Crippen molar-refractivity contribution >= 4 is 75.3 Å². The Morgan fingerprint density at radius 3 is 1.72 bits per heavy atom. The number of benzene rings is 8. The Morgan fingerprint density at radius 2 is 1.00 bits per heavy atom. The fourth-order valence-corrected chi connectivity index (χ4v) is 9.76. The second-order valence-corrected chi connectivity index (χ2v) is 15.4. The Labute approximate surface area is 330 Å². The number of thiophene rings is 1. The minimum absolute atomic E-state index is 0.650. The van der Waals surface area contributed by atoms with E-state index in [-0.39, 0.29) is 0 Å². The van der Waals surface area contributed by atoms with Gasteiger partial charge in [-0.2, -0.15) is 0 Å². The minimum Gasteiger partial charge on any atom is -0.454 e. The van der Waals surface area contributed by atoms with Crippen molar-refractivity contribution in [3.05, 3.63) is 182 Å². The van der Waals surface area contributed by atoms with Crippen LogP contribution in [0, 0.1) is 0 Å². The molecule has 0 saturated heterocycles. The predicted octanol–water partition coefficient (Wildman–Crippen LogP) is 13.9. The zero-order valence-corrected chi connectivity index (χ0v) is 31.2. The quantitative estimate of drug-likeness (QED) is 0.176. The molecular formula is C51H30N4OS. The summed E-state index contributed by atoms with van der Waals surface area (Å²) in [7, 11) is 0. The highest BCUT2D eigenvalue weighted by Crippen LogP contribution is 2.45. The number of furan rings is 1. The monoisotopic (exact) mass is 746 g/mol. The third-order valence-electron chi connectivity index (χ3n) is 11.1. The zero-order chi connectivity index (χ0) is 37.5. The van der Waals surface area contributed by atoms with Crippen LogP contribution in [-0.2, 0) is 0 Å². The molecule has 4 aromatic heterocycles. The van der Waals surface area contributed by atoms with Crippen molar-refractivity contribution < 1.29 is 4.42 Å². The van der Waals surface area contributed by atoms with Gasteiger partial charge in [0.15, 0.2) is 23.1 Å². The van der Waals surface area contributed by atoms with Gasteiger partial charge in [0.1, 0.15) is 5.58 Å². The molecule has 0 aliphatic carbocycles. The number of aromatic nitrogens is 4. The largest absolute Gasteiger partial charge is 0.454 e. The predicted molar refractivity (Wildman–Crippen MR) is 236 cm³/mol. The highest BCUT2D eigenvalue weighted by Gasteiger charge is 2.21. The van der Waals surface area contributed by atoms with E-state index in [1.165, 1.54) is 25.6 Å².